The lowest BCUT2D eigenvalue weighted by Crippen LogP contribution is -2.57. The molecule has 26 heavy (non-hydrogen) atoms. The molecule has 0 atom stereocenters. The summed E-state index contributed by atoms with van der Waals surface area (Å²) >= 11 is 0. The molecule has 1 fully saturated rings. The Morgan fingerprint density at radius 2 is 1.88 bits per heavy atom. The molecule has 0 unspecified atom stereocenters. The molecule has 1 heterocycles. The van der Waals surface area contributed by atoms with Gasteiger partial charge in [0.2, 0.25) is 5.91 Å². The minimum absolute atomic E-state index is 0.0248. The van der Waals surface area contributed by atoms with Crippen LogP contribution in [0, 0.1) is 0 Å². The molecule has 0 aromatic heterocycles. The van der Waals surface area contributed by atoms with E-state index in [0.29, 0.717) is 32.7 Å². The summed E-state index contributed by atoms with van der Waals surface area (Å²) in [5.74, 6) is 0.0661. The van der Waals surface area contributed by atoms with Gasteiger partial charge < -0.3 is 20.3 Å². The van der Waals surface area contributed by atoms with Crippen molar-refractivity contribution in [3.63, 3.8) is 0 Å². The Kier molecular flexibility index (Phi) is 7.91. The van der Waals surface area contributed by atoms with Crippen molar-refractivity contribution in [1.82, 2.24) is 15.5 Å². The van der Waals surface area contributed by atoms with Gasteiger partial charge >= 0.3 is 6.03 Å². The van der Waals surface area contributed by atoms with Crippen LogP contribution in [0.4, 0.5) is 4.79 Å². The van der Waals surface area contributed by atoms with Crippen LogP contribution in [0.5, 0.6) is 0 Å². The molecule has 1 saturated heterocycles. The summed E-state index contributed by atoms with van der Waals surface area (Å²) in [7, 11) is 1.68. The van der Waals surface area contributed by atoms with Gasteiger partial charge in [0.25, 0.3) is 0 Å². The van der Waals surface area contributed by atoms with Gasteiger partial charge in [0.1, 0.15) is 0 Å². The molecule has 6 nitrogen and oxygen atoms in total. The van der Waals surface area contributed by atoms with E-state index in [4.69, 9.17) is 4.74 Å². The SMILES string of the molecule is CCNC(=O)N1CCC(CCOC)(NC(=O)CCc2ccccc2)CC1. The van der Waals surface area contributed by atoms with E-state index in [-0.39, 0.29) is 17.5 Å². The third-order valence-corrected chi connectivity index (χ3v) is 5.01. The van der Waals surface area contributed by atoms with Crippen LogP contribution in [0.1, 0.15) is 38.2 Å². The summed E-state index contributed by atoms with van der Waals surface area (Å²) < 4.78 is 5.25. The van der Waals surface area contributed by atoms with Crippen LogP contribution >= 0.6 is 0 Å². The third kappa shape index (κ3) is 6.02. The third-order valence-electron chi connectivity index (χ3n) is 5.01. The Morgan fingerprint density at radius 1 is 1.19 bits per heavy atom. The molecule has 144 valence electrons. The summed E-state index contributed by atoms with van der Waals surface area (Å²) in [4.78, 5) is 26.4. The first kappa shape index (κ1) is 20.2. The van der Waals surface area contributed by atoms with E-state index in [0.717, 1.165) is 25.7 Å². The van der Waals surface area contributed by atoms with Crippen LogP contribution < -0.4 is 10.6 Å². The first-order chi connectivity index (χ1) is 12.6. The van der Waals surface area contributed by atoms with Crippen molar-refractivity contribution in [1.29, 1.82) is 0 Å². The highest BCUT2D eigenvalue weighted by Crippen LogP contribution is 2.26. The van der Waals surface area contributed by atoms with Gasteiger partial charge in [-0.2, -0.15) is 0 Å². The average Bonchev–Trinajstić information content (AvgIpc) is 2.66. The van der Waals surface area contributed by atoms with Crippen molar-refractivity contribution >= 4 is 11.9 Å². The number of ether oxygens (including phenoxy) is 1. The topological polar surface area (TPSA) is 70.7 Å². The Hall–Kier alpha value is -2.08. The second kappa shape index (κ2) is 10.2. The maximum Gasteiger partial charge on any atom is 0.317 e. The van der Waals surface area contributed by atoms with Crippen LogP contribution in [0.2, 0.25) is 0 Å². The number of carbonyl (C=O) groups excluding carboxylic acids is 2. The zero-order valence-electron chi connectivity index (χ0n) is 15.9. The lowest BCUT2D eigenvalue weighted by molar-refractivity contribution is -0.123. The average molecular weight is 361 g/mol. The molecule has 1 aliphatic rings. The molecule has 6 heteroatoms. The summed E-state index contributed by atoms with van der Waals surface area (Å²) in [6, 6.07) is 10.0. The van der Waals surface area contributed by atoms with Crippen LogP contribution in [0.15, 0.2) is 30.3 Å². The number of aryl methyl sites for hydroxylation is 1. The number of benzene rings is 1. The van der Waals surface area contributed by atoms with Crippen LogP contribution in [-0.4, -0.2) is 55.7 Å². The summed E-state index contributed by atoms with van der Waals surface area (Å²) in [5, 5.41) is 6.09. The lowest BCUT2D eigenvalue weighted by Gasteiger charge is -2.42. The molecular weight excluding hydrogens is 330 g/mol. The van der Waals surface area contributed by atoms with Crippen LogP contribution in [0.25, 0.3) is 0 Å². The number of likely N-dealkylation sites (tertiary alicyclic amines) is 1. The van der Waals surface area contributed by atoms with Gasteiger partial charge in [-0.25, -0.2) is 4.79 Å². The Morgan fingerprint density at radius 3 is 2.50 bits per heavy atom. The van der Waals surface area contributed by atoms with Gasteiger partial charge in [0, 0.05) is 45.3 Å². The highest BCUT2D eigenvalue weighted by atomic mass is 16.5. The molecule has 0 saturated carbocycles. The number of hydrogen-bond donors (Lipinski definition) is 2. The highest BCUT2D eigenvalue weighted by molar-refractivity contribution is 5.77. The Balaban J connectivity index is 1.90. The first-order valence-corrected chi connectivity index (χ1v) is 9.45. The molecule has 0 radical (unpaired) electrons. The molecule has 2 N–H and O–H groups in total. The Labute approximate surface area is 156 Å². The predicted octanol–water partition coefficient (Wildman–Crippen LogP) is 2.34. The number of urea groups is 1. The molecule has 1 aliphatic heterocycles. The molecule has 0 spiro atoms. The standard InChI is InChI=1S/C20H31N3O3/c1-3-21-19(25)23-14-11-20(12-15-23,13-16-26-2)22-18(24)10-9-17-7-5-4-6-8-17/h4-8H,3,9-16H2,1-2H3,(H,21,25)(H,22,24). The van der Waals surface area contributed by atoms with Gasteiger partial charge in [-0.05, 0) is 38.2 Å². The van der Waals surface area contributed by atoms with Gasteiger partial charge in [-0.15, -0.1) is 0 Å². The zero-order valence-corrected chi connectivity index (χ0v) is 15.9. The van der Waals surface area contributed by atoms with Crippen LogP contribution in [-0.2, 0) is 16.0 Å². The molecule has 0 bridgehead atoms. The molecule has 1 aromatic rings. The number of amides is 3. The smallest absolute Gasteiger partial charge is 0.317 e. The van der Waals surface area contributed by atoms with Gasteiger partial charge in [0.05, 0.1) is 0 Å². The van der Waals surface area contributed by atoms with E-state index in [1.165, 1.54) is 5.56 Å². The fourth-order valence-electron chi connectivity index (χ4n) is 3.40. The lowest BCUT2D eigenvalue weighted by atomic mass is 9.84. The minimum atomic E-state index is -0.285. The normalized spacial score (nSPS) is 16.2. The second-order valence-electron chi connectivity index (χ2n) is 6.88. The number of carbonyl (C=O) groups is 2. The van der Waals surface area contributed by atoms with E-state index in [2.05, 4.69) is 10.6 Å². The van der Waals surface area contributed by atoms with Crippen molar-refractivity contribution in [3.8, 4) is 0 Å². The number of nitrogens with zero attached hydrogens (tertiary/aromatic N) is 1. The van der Waals surface area contributed by atoms with Crippen molar-refractivity contribution in [3.05, 3.63) is 35.9 Å². The minimum Gasteiger partial charge on any atom is -0.385 e. The molecule has 1 aromatic carbocycles. The highest BCUT2D eigenvalue weighted by Gasteiger charge is 2.36. The molecule has 0 aliphatic carbocycles. The molecule has 2 rings (SSSR count). The summed E-state index contributed by atoms with van der Waals surface area (Å²) in [5.41, 5.74) is 0.881. The van der Waals surface area contributed by atoms with Gasteiger partial charge in [0.15, 0.2) is 0 Å². The van der Waals surface area contributed by atoms with Crippen molar-refractivity contribution in [2.24, 2.45) is 0 Å². The van der Waals surface area contributed by atoms with Crippen molar-refractivity contribution in [2.45, 2.75) is 44.6 Å². The molecule has 3 amide bonds. The maximum absolute atomic E-state index is 12.5. The Bertz CT molecular complexity index is 569. The monoisotopic (exact) mass is 361 g/mol. The number of hydrogen-bond acceptors (Lipinski definition) is 3. The number of methoxy groups -OCH3 is 1. The van der Waals surface area contributed by atoms with E-state index in [9.17, 15) is 9.59 Å². The number of nitrogens with one attached hydrogen (secondary N) is 2. The fourth-order valence-corrected chi connectivity index (χ4v) is 3.40. The predicted molar refractivity (Wildman–Crippen MR) is 102 cm³/mol. The number of rotatable bonds is 8. The van der Waals surface area contributed by atoms with Crippen LogP contribution in [0.3, 0.4) is 0 Å². The van der Waals surface area contributed by atoms with Gasteiger partial charge in [-0.3, -0.25) is 4.79 Å². The van der Waals surface area contributed by atoms with E-state index >= 15 is 0 Å². The van der Waals surface area contributed by atoms with E-state index in [1.54, 1.807) is 7.11 Å². The van der Waals surface area contributed by atoms with E-state index < -0.39 is 0 Å². The first-order valence-electron chi connectivity index (χ1n) is 9.45. The maximum atomic E-state index is 12.5. The zero-order chi connectivity index (χ0) is 18.8. The van der Waals surface area contributed by atoms with E-state index in [1.807, 2.05) is 42.2 Å². The van der Waals surface area contributed by atoms with Crippen molar-refractivity contribution < 1.29 is 14.3 Å². The van der Waals surface area contributed by atoms with Crippen molar-refractivity contribution in [2.75, 3.05) is 33.4 Å². The summed E-state index contributed by atoms with van der Waals surface area (Å²) in [6.45, 7) is 4.43. The largest absolute Gasteiger partial charge is 0.385 e. The quantitative estimate of drug-likeness (QED) is 0.747. The second-order valence-corrected chi connectivity index (χ2v) is 6.88. The summed E-state index contributed by atoms with van der Waals surface area (Å²) in [6.07, 6.45) is 3.48. The fraction of sp³-hybridized carbons (Fsp3) is 0.600. The number of piperidine rings is 1. The van der Waals surface area contributed by atoms with Gasteiger partial charge in [-0.1, -0.05) is 30.3 Å². The molecular formula is C20H31N3O3.